The fourth-order valence-electron chi connectivity index (χ4n) is 1.06. The molecular formula is C10H7ClN2O2. The van der Waals surface area contributed by atoms with Crippen molar-refractivity contribution in [2.24, 2.45) is 0 Å². The standard InChI is InChI=1S/C10H7ClN2O2/c11-8-4-1-2-5-9(8)15-10-6-3-7-13(14)12-10/h1-7H. The summed E-state index contributed by atoms with van der Waals surface area (Å²) >= 11 is 5.88. The Labute approximate surface area is 91.3 Å². The molecule has 15 heavy (non-hydrogen) atoms. The Balaban J connectivity index is 2.26. The number of hydrogen-bond donors (Lipinski definition) is 0. The Morgan fingerprint density at radius 1 is 1.20 bits per heavy atom. The van der Waals surface area contributed by atoms with E-state index in [4.69, 9.17) is 16.3 Å². The van der Waals surface area contributed by atoms with Gasteiger partial charge in [-0.1, -0.05) is 28.6 Å². The highest BCUT2D eigenvalue weighted by Gasteiger charge is 2.04. The molecule has 76 valence electrons. The molecule has 0 saturated heterocycles. The second-order valence-corrected chi connectivity index (χ2v) is 3.19. The lowest BCUT2D eigenvalue weighted by molar-refractivity contribution is -0.669. The van der Waals surface area contributed by atoms with Crippen LogP contribution in [0.3, 0.4) is 0 Å². The summed E-state index contributed by atoms with van der Waals surface area (Å²) < 4.78 is 5.33. The molecule has 0 amide bonds. The van der Waals surface area contributed by atoms with Crippen molar-refractivity contribution in [3.05, 3.63) is 52.8 Å². The first-order valence-corrected chi connectivity index (χ1v) is 4.62. The Morgan fingerprint density at radius 3 is 2.73 bits per heavy atom. The van der Waals surface area contributed by atoms with Gasteiger partial charge in [0.1, 0.15) is 5.75 Å². The zero-order valence-corrected chi connectivity index (χ0v) is 8.39. The minimum atomic E-state index is 0.209. The lowest BCUT2D eigenvalue weighted by Crippen LogP contribution is -2.29. The molecule has 1 aromatic heterocycles. The molecule has 5 heteroatoms. The predicted octanol–water partition coefficient (Wildman–Crippen LogP) is 2.16. The number of rotatable bonds is 2. The maximum atomic E-state index is 10.9. The summed E-state index contributed by atoms with van der Waals surface area (Å²) in [7, 11) is 0. The number of halogens is 1. The molecule has 0 N–H and O–H groups in total. The van der Waals surface area contributed by atoms with Crippen LogP contribution in [0.2, 0.25) is 5.02 Å². The summed E-state index contributed by atoms with van der Waals surface area (Å²) in [5, 5.41) is 14.9. The maximum Gasteiger partial charge on any atom is 0.285 e. The lowest BCUT2D eigenvalue weighted by atomic mass is 10.3. The van der Waals surface area contributed by atoms with Crippen LogP contribution in [0.1, 0.15) is 0 Å². The highest BCUT2D eigenvalue weighted by molar-refractivity contribution is 6.32. The average Bonchev–Trinajstić information content (AvgIpc) is 2.22. The number of benzene rings is 1. The van der Waals surface area contributed by atoms with Crippen LogP contribution in [-0.2, 0) is 0 Å². The third kappa shape index (κ3) is 2.35. The molecular weight excluding hydrogens is 216 g/mol. The minimum absolute atomic E-state index is 0.209. The average molecular weight is 223 g/mol. The molecule has 1 aromatic carbocycles. The summed E-state index contributed by atoms with van der Waals surface area (Å²) in [6, 6.07) is 10.1. The van der Waals surface area contributed by atoms with E-state index in [9.17, 15) is 5.21 Å². The van der Waals surface area contributed by atoms with Gasteiger partial charge in [0.25, 0.3) is 5.88 Å². The van der Waals surface area contributed by atoms with Gasteiger partial charge in [0.15, 0.2) is 0 Å². The fraction of sp³-hybridized carbons (Fsp3) is 0. The van der Waals surface area contributed by atoms with Gasteiger partial charge in [0.05, 0.1) is 10.1 Å². The van der Waals surface area contributed by atoms with Crippen LogP contribution in [0.4, 0.5) is 0 Å². The monoisotopic (exact) mass is 222 g/mol. The highest BCUT2D eigenvalue weighted by atomic mass is 35.5. The number of ether oxygens (including phenoxy) is 1. The molecule has 0 saturated carbocycles. The Morgan fingerprint density at radius 2 is 2.00 bits per heavy atom. The Kier molecular flexibility index (Phi) is 2.69. The van der Waals surface area contributed by atoms with Crippen molar-refractivity contribution in [3.63, 3.8) is 0 Å². The number of para-hydroxylation sites is 1. The van der Waals surface area contributed by atoms with Gasteiger partial charge in [-0.2, -0.15) is 0 Å². The van der Waals surface area contributed by atoms with E-state index < -0.39 is 0 Å². The van der Waals surface area contributed by atoms with Crippen molar-refractivity contribution in [1.29, 1.82) is 0 Å². The van der Waals surface area contributed by atoms with E-state index in [0.717, 1.165) is 0 Å². The first-order valence-electron chi connectivity index (χ1n) is 4.24. The maximum absolute atomic E-state index is 10.9. The molecule has 0 aliphatic rings. The van der Waals surface area contributed by atoms with Crippen molar-refractivity contribution in [2.45, 2.75) is 0 Å². The summed E-state index contributed by atoms with van der Waals surface area (Å²) in [6.07, 6.45) is 1.28. The van der Waals surface area contributed by atoms with Crippen LogP contribution in [-0.4, -0.2) is 5.10 Å². The van der Waals surface area contributed by atoms with Crippen LogP contribution in [0.25, 0.3) is 0 Å². The normalized spacial score (nSPS) is 9.93. The van der Waals surface area contributed by atoms with Gasteiger partial charge >= 0.3 is 0 Å². The van der Waals surface area contributed by atoms with Crippen LogP contribution in [0.5, 0.6) is 11.6 Å². The van der Waals surface area contributed by atoms with Crippen molar-refractivity contribution in [2.75, 3.05) is 0 Å². The van der Waals surface area contributed by atoms with Crippen molar-refractivity contribution in [1.82, 2.24) is 5.10 Å². The highest BCUT2D eigenvalue weighted by Crippen LogP contribution is 2.26. The molecule has 0 atom stereocenters. The second kappa shape index (κ2) is 4.14. The summed E-state index contributed by atoms with van der Waals surface area (Å²) in [5.41, 5.74) is 0. The van der Waals surface area contributed by atoms with Gasteiger partial charge in [0, 0.05) is 12.1 Å². The molecule has 0 spiro atoms. The van der Waals surface area contributed by atoms with E-state index in [1.165, 1.54) is 6.20 Å². The molecule has 4 nitrogen and oxygen atoms in total. The molecule has 2 aromatic rings. The number of nitrogens with zero attached hydrogens (tertiary/aromatic N) is 2. The lowest BCUT2D eigenvalue weighted by Gasteiger charge is -2.04. The van der Waals surface area contributed by atoms with Gasteiger partial charge in [0.2, 0.25) is 6.20 Å². The molecule has 0 aliphatic heterocycles. The molecule has 0 radical (unpaired) electrons. The number of hydrogen-bond acceptors (Lipinski definition) is 3. The first kappa shape index (κ1) is 9.73. The van der Waals surface area contributed by atoms with Crippen LogP contribution < -0.4 is 9.58 Å². The summed E-state index contributed by atoms with van der Waals surface area (Å²) in [4.78, 5) is 0.423. The molecule has 1 heterocycles. The van der Waals surface area contributed by atoms with Crippen LogP contribution >= 0.6 is 11.6 Å². The summed E-state index contributed by atoms with van der Waals surface area (Å²) in [6.45, 7) is 0. The second-order valence-electron chi connectivity index (χ2n) is 2.78. The van der Waals surface area contributed by atoms with Gasteiger partial charge < -0.3 is 9.94 Å². The zero-order valence-electron chi connectivity index (χ0n) is 7.63. The van der Waals surface area contributed by atoms with Gasteiger partial charge in [-0.15, -0.1) is 0 Å². The van der Waals surface area contributed by atoms with Crippen molar-refractivity contribution >= 4 is 11.6 Å². The van der Waals surface area contributed by atoms with Gasteiger partial charge in [-0.25, -0.2) is 0 Å². The predicted molar refractivity (Wildman–Crippen MR) is 54.7 cm³/mol. The van der Waals surface area contributed by atoms with E-state index >= 15 is 0 Å². The fourth-order valence-corrected chi connectivity index (χ4v) is 1.23. The third-order valence-electron chi connectivity index (χ3n) is 1.70. The van der Waals surface area contributed by atoms with Crippen LogP contribution in [0.15, 0.2) is 42.6 Å². The van der Waals surface area contributed by atoms with Crippen molar-refractivity contribution < 1.29 is 9.58 Å². The molecule has 0 bridgehead atoms. The largest absolute Gasteiger partial charge is 0.594 e. The minimum Gasteiger partial charge on any atom is -0.594 e. The number of aromatic nitrogens is 2. The Bertz CT molecular complexity index is 476. The molecule has 0 unspecified atom stereocenters. The topological polar surface area (TPSA) is 49.1 Å². The van der Waals surface area contributed by atoms with E-state index in [1.807, 2.05) is 0 Å². The SMILES string of the molecule is [O-][n+]1cccc(Oc2ccccc2Cl)n1. The van der Waals surface area contributed by atoms with E-state index in [-0.39, 0.29) is 5.88 Å². The smallest absolute Gasteiger partial charge is 0.285 e. The van der Waals surface area contributed by atoms with E-state index in [1.54, 1.807) is 36.4 Å². The molecule has 2 rings (SSSR count). The van der Waals surface area contributed by atoms with Crippen LogP contribution in [0, 0.1) is 5.21 Å². The first-order chi connectivity index (χ1) is 7.25. The molecule has 0 aliphatic carbocycles. The zero-order chi connectivity index (χ0) is 10.7. The molecule has 0 fully saturated rings. The Hall–Kier alpha value is -1.81. The third-order valence-corrected chi connectivity index (χ3v) is 2.01. The van der Waals surface area contributed by atoms with Crippen molar-refractivity contribution in [3.8, 4) is 11.6 Å². The van der Waals surface area contributed by atoms with E-state index in [2.05, 4.69) is 5.10 Å². The van der Waals surface area contributed by atoms with Gasteiger partial charge in [-0.05, 0) is 12.1 Å². The van der Waals surface area contributed by atoms with E-state index in [0.29, 0.717) is 15.6 Å². The summed E-state index contributed by atoms with van der Waals surface area (Å²) in [5.74, 6) is 0.679. The quantitative estimate of drug-likeness (QED) is 0.578. The van der Waals surface area contributed by atoms with Gasteiger partial charge in [-0.3, -0.25) is 0 Å².